The number of halogens is 3. The fourth-order valence-corrected chi connectivity index (χ4v) is 2.37. The predicted octanol–water partition coefficient (Wildman–Crippen LogP) is 2.95. The lowest BCUT2D eigenvalue weighted by molar-refractivity contribution is -0.143. The standard InChI is InChI=1S/C16H18F3N3O3/c1-9(11-7-10(24-3)5-6-13(11)25-4)20-15(23)12-8-14(16(17,18)19)22(2)21-12/h5-9H,1-4H3,(H,20,23). The molecule has 0 saturated carbocycles. The summed E-state index contributed by atoms with van der Waals surface area (Å²) in [5.41, 5.74) is -0.685. The number of carbonyl (C=O) groups is 1. The third kappa shape index (κ3) is 4.04. The highest BCUT2D eigenvalue weighted by molar-refractivity contribution is 5.92. The van der Waals surface area contributed by atoms with Gasteiger partial charge in [0, 0.05) is 18.7 Å². The van der Waals surface area contributed by atoms with Crippen LogP contribution >= 0.6 is 0 Å². The van der Waals surface area contributed by atoms with Gasteiger partial charge in [0.1, 0.15) is 17.2 Å². The zero-order chi connectivity index (χ0) is 18.8. The average molecular weight is 357 g/mol. The number of hydrogen-bond acceptors (Lipinski definition) is 4. The summed E-state index contributed by atoms with van der Waals surface area (Å²) < 4.78 is 49.5. The zero-order valence-corrected chi connectivity index (χ0v) is 14.1. The largest absolute Gasteiger partial charge is 0.497 e. The van der Waals surface area contributed by atoms with Gasteiger partial charge in [0.05, 0.1) is 20.3 Å². The van der Waals surface area contributed by atoms with Gasteiger partial charge in [-0.05, 0) is 25.1 Å². The lowest BCUT2D eigenvalue weighted by atomic mass is 10.1. The molecule has 0 aliphatic rings. The maximum Gasteiger partial charge on any atom is 0.433 e. The molecule has 136 valence electrons. The Morgan fingerprint density at radius 1 is 1.24 bits per heavy atom. The molecule has 1 unspecified atom stereocenters. The Balaban J connectivity index is 2.24. The van der Waals surface area contributed by atoms with Gasteiger partial charge >= 0.3 is 6.18 Å². The molecule has 1 N–H and O–H groups in total. The van der Waals surface area contributed by atoms with Crippen LogP contribution in [0.25, 0.3) is 0 Å². The van der Waals surface area contributed by atoms with Gasteiger partial charge in [0.25, 0.3) is 5.91 Å². The normalized spacial score (nSPS) is 12.6. The van der Waals surface area contributed by atoms with E-state index < -0.39 is 23.8 Å². The second-order valence-electron chi connectivity index (χ2n) is 5.34. The topological polar surface area (TPSA) is 65.4 Å². The van der Waals surface area contributed by atoms with Crippen molar-refractivity contribution in [1.82, 2.24) is 15.1 Å². The summed E-state index contributed by atoms with van der Waals surface area (Å²) in [6.45, 7) is 1.68. The molecule has 9 heteroatoms. The van der Waals surface area contributed by atoms with Crippen LogP contribution in [0.4, 0.5) is 13.2 Å². The van der Waals surface area contributed by atoms with Gasteiger partial charge in [-0.3, -0.25) is 9.48 Å². The first kappa shape index (κ1) is 18.6. The van der Waals surface area contributed by atoms with Crippen LogP contribution in [0.15, 0.2) is 24.3 Å². The number of amides is 1. The molecule has 0 fully saturated rings. The van der Waals surface area contributed by atoms with Crippen LogP contribution in [0.1, 0.15) is 34.7 Å². The Hall–Kier alpha value is -2.71. The van der Waals surface area contributed by atoms with Crippen LogP contribution in [0.3, 0.4) is 0 Å². The third-order valence-corrected chi connectivity index (χ3v) is 3.65. The van der Waals surface area contributed by atoms with E-state index in [-0.39, 0.29) is 5.69 Å². The number of carbonyl (C=O) groups excluding carboxylic acids is 1. The highest BCUT2D eigenvalue weighted by Crippen LogP contribution is 2.31. The summed E-state index contributed by atoms with van der Waals surface area (Å²) in [6, 6.07) is 5.24. The zero-order valence-electron chi connectivity index (χ0n) is 14.1. The van der Waals surface area contributed by atoms with E-state index in [2.05, 4.69) is 10.4 Å². The van der Waals surface area contributed by atoms with Crippen molar-refractivity contribution in [2.45, 2.75) is 19.1 Å². The minimum atomic E-state index is -4.58. The molecule has 0 saturated heterocycles. The first-order valence-corrected chi connectivity index (χ1v) is 7.31. The van der Waals surface area contributed by atoms with E-state index in [1.54, 1.807) is 25.1 Å². The number of methoxy groups -OCH3 is 2. The van der Waals surface area contributed by atoms with E-state index in [0.29, 0.717) is 27.8 Å². The highest BCUT2D eigenvalue weighted by Gasteiger charge is 2.35. The van der Waals surface area contributed by atoms with Crippen molar-refractivity contribution < 1.29 is 27.4 Å². The van der Waals surface area contributed by atoms with Gasteiger partial charge in [-0.15, -0.1) is 0 Å². The molecule has 2 rings (SSSR count). The summed E-state index contributed by atoms with van der Waals surface area (Å²) in [6.07, 6.45) is -4.58. The van der Waals surface area contributed by atoms with Crippen molar-refractivity contribution in [3.05, 3.63) is 41.2 Å². The van der Waals surface area contributed by atoms with Crippen LogP contribution in [0, 0.1) is 0 Å². The molecule has 1 amide bonds. The second-order valence-corrected chi connectivity index (χ2v) is 5.34. The van der Waals surface area contributed by atoms with Crippen molar-refractivity contribution in [1.29, 1.82) is 0 Å². The Morgan fingerprint density at radius 2 is 1.92 bits per heavy atom. The van der Waals surface area contributed by atoms with Crippen molar-refractivity contribution >= 4 is 5.91 Å². The highest BCUT2D eigenvalue weighted by atomic mass is 19.4. The smallest absolute Gasteiger partial charge is 0.433 e. The quantitative estimate of drug-likeness (QED) is 0.894. The third-order valence-electron chi connectivity index (χ3n) is 3.65. The molecule has 0 aliphatic heterocycles. The summed E-state index contributed by atoms with van der Waals surface area (Å²) in [7, 11) is 4.11. The number of benzene rings is 1. The fraction of sp³-hybridized carbons (Fsp3) is 0.375. The summed E-state index contributed by atoms with van der Waals surface area (Å²) in [4.78, 5) is 12.2. The number of ether oxygens (including phenoxy) is 2. The van der Waals surface area contributed by atoms with Crippen LogP contribution in [0.2, 0.25) is 0 Å². The molecule has 1 aromatic heterocycles. The molecule has 1 atom stereocenters. The van der Waals surface area contributed by atoms with Crippen LogP contribution in [-0.4, -0.2) is 29.9 Å². The number of alkyl halides is 3. The molecule has 0 aliphatic carbocycles. The van der Waals surface area contributed by atoms with Crippen molar-refractivity contribution in [2.24, 2.45) is 7.05 Å². The minimum absolute atomic E-state index is 0.316. The molecule has 25 heavy (non-hydrogen) atoms. The number of rotatable bonds is 5. The van der Waals surface area contributed by atoms with E-state index in [0.717, 1.165) is 7.05 Å². The Morgan fingerprint density at radius 3 is 2.44 bits per heavy atom. The SMILES string of the molecule is COc1ccc(OC)c(C(C)NC(=O)c2cc(C(F)(F)F)n(C)n2)c1. The Labute approximate surface area is 142 Å². The summed E-state index contributed by atoms with van der Waals surface area (Å²) in [5.74, 6) is 0.364. The number of aryl methyl sites for hydroxylation is 1. The van der Waals surface area contributed by atoms with E-state index in [1.807, 2.05) is 0 Å². The number of hydrogen-bond donors (Lipinski definition) is 1. The van der Waals surface area contributed by atoms with Gasteiger partial charge in [-0.2, -0.15) is 18.3 Å². The summed E-state index contributed by atoms with van der Waals surface area (Å²) >= 11 is 0. The minimum Gasteiger partial charge on any atom is -0.497 e. The molecule has 6 nitrogen and oxygen atoms in total. The lowest BCUT2D eigenvalue weighted by Gasteiger charge is -2.17. The molecule has 1 heterocycles. The second kappa shape index (κ2) is 7.04. The van der Waals surface area contributed by atoms with Crippen molar-refractivity contribution in [3.63, 3.8) is 0 Å². The van der Waals surface area contributed by atoms with E-state index in [1.165, 1.54) is 14.2 Å². The van der Waals surface area contributed by atoms with Crippen molar-refractivity contribution in [2.75, 3.05) is 14.2 Å². The number of aromatic nitrogens is 2. The fourth-order valence-electron chi connectivity index (χ4n) is 2.37. The van der Waals surface area contributed by atoms with Crippen LogP contribution < -0.4 is 14.8 Å². The molecule has 0 bridgehead atoms. The predicted molar refractivity (Wildman–Crippen MR) is 83.6 cm³/mol. The molecule has 2 aromatic rings. The maximum absolute atomic E-state index is 12.8. The van der Waals surface area contributed by atoms with E-state index in [9.17, 15) is 18.0 Å². The van der Waals surface area contributed by atoms with E-state index in [4.69, 9.17) is 9.47 Å². The summed E-state index contributed by atoms with van der Waals surface area (Å²) in [5, 5.41) is 6.24. The Kier molecular flexibility index (Phi) is 5.24. The number of nitrogens with zero attached hydrogens (tertiary/aromatic N) is 2. The van der Waals surface area contributed by atoms with Crippen molar-refractivity contribution in [3.8, 4) is 11.5 Å². The molecular formula is C16H18F3N3O3. The van der Waals surface area contributed by atoms with Gasteiger partial charge in [-0.1, -0.05) is 0 Å². The van der Waals surface area contributed by atoms with E-state index >= 15 is 0 Å². The average Bonchev–Trinajstić information content (AvgIpc) is 2.96. The Bertz CT molecular complexity index is 772. The first-order valence-electron chi connectivity index (χ1n) is 7.31. The van der Waals surface area contributed by atoms with Gasteiger partial charge in [0.15, 0.2) is 5.69 Å². The number of nitrogens with one attached hydrogen (secondary N) is 1. The van der Waals surface area contributed by atoms with Crippen LogP contribution in [-0.2, 0) is 13.2 Å². The maximum atomic E-state index is 12.8. The van der Waals surface area contributed by atoms with Gasteiger partial charge in [-0.25, -0.2) is 0 Å². The molecular weight excluding hydrogens is 339 g/mol. The molecule has 0 spiro atoms. The molecule has 0 radical (unpaired) electrons. The van der Waals surface area contributed by atoms with Gasteiger partial charge < -0.3 is 14.8 Å². The first-order chi connectivity index (χ1) is 11.7. The molecule has 1 aromatic carbocycles. The van der Waals surface area contributed by atoms with Gasteiger partial charge in [0.2, 0.25) is 0 Å². The lowest BCUT2D eigenvalue weighted by Crippen LogP contribution is -2.27. The van der Waals surface area contributed by atoms with Crippen LogP contribution in [0.5, 0.6) is 11.5 Å². The monoisotopic (exact) mass is 357 g/mol.